The smallest absolute Gasteiger partial charge is 0.247 e. The van der Waals surface area contributed by atoms with E-state index >= 15 is 4.39 Å². The molecule has 33 heavy (non-hydrogen) atoms. The number of halogens is 2. The lowest BCUT2D eigenvalue weighted by atomic mass is 10.0. The maximum atomic E-state index is 15.1. The molecule has 5 rings (SSSR count). The van der Waals surface area contributed by atoms with E-state index in [4.69, 9.17) is 10.5 Å². The Morgan fingerprint density at radius 3 is 2.42 bits per heavy atom. The molecule has 0 bridgehead atoms. The standard InChI is InChI=1S/C23H17F2N5O3/c24-13-1-3-14(4-2-13)30(22(32)23(8-9-23)21(26)31)15-5-6-19(17(25)11-15)33-18-7-10-27-20-16(18)12-28-29-20/h1-7,10-12H,8-9H2,(H2,26,31)(H,27,28,29). The number of primary amides is 1. The number of H-pyrrole nitrogens is 1. The molecule has 2 aromatic heterocycles. The van der Waals surface area contributed by atoms with E-state index in [1.54, 1.807) is 6.07 Å². The minimum Gasteiger partial charge on any atom is -0.453 e. The van der Waals surface area contributed by atoms with E-state index in [-0.39, 0.29) is 17.1 Å². The minimum atomic E-state index is -1.36. The normalized spacial score (nSPS) is 14.1. The lowest BCUT2D eigenvalue weighted by Gasteiger charge is -2.26. The summed E-state index contributed by atoms with van der Waals surface area (Å²) in [7, 11) is 0. The molecule has 8 nitrogen and oxygen atoms in total. The summed E-state index contributed by atoms with van der Waals surface area (Å²) in [4.78, 5) is 30.6. The zero-order chi connectivity index (χ0) is 23.2. The first-order valence-corrected chi connectivity index (χ1v) is 10.0. The van der Waals surface area contributed by atoms with E-state index in [9.17, 15) is 14.0 Å². The summed E-state index contributed by atoms with van der Waals surface area (Å²) in [6.45, 7) is 0. The molecule has 3 N–H and O–H groups in total. The number of benzene rings is 2. The molecular formula is C23H17F2N5O3. The number of rotatable bonds is 6. The van der Waals surface area contributed by atoms with Crippen molar-refractivity contribution in [2.24, 2.45) is 11.1 Å². The number of amides is 2. The number of nitrogens with one attached hydrogen (secondary N) is 1. The van der Waals surface area contributed by atoms with Crippen molar-refractivity contribution in [2.75, 3.05) is 4.90 Å². The summed E-state index contributed by atoms with van der Waals surface area (Å²) >= 11 is 0. The molecule has 2 aromatic carbocycles. The number of ether oxygens (including phenoxy) is 1. The Hall–Kier alpha value is -4.34. The maximum absolute atomic E-state index is 15.1. The van der Waals surface area contributed by atoms with E-state index in [0.717, 1.165) is 6.07 Å². The van der Waals surface area contributed by atoms with Gasteiger partial charge in [0.2, 0.25) is 11.8 Å². The molecule has 4 aromatic rings. The lowest BCUT2D eigenvalue weighted by molar-refractivity contribution is -0.133. The average molecular weight is 449 g/mol. The summed E-state index contributed by atoms with van der Waals surface area (Å²) in [6.07, 6.45) is 3.60. The maximum Gasteiger partial charge on any atom is 0.247 e. The van der Waals surface area contributed by atoms with Crippen molar-refractivity contribution in [1.82, 2.24) is 15.2 Å². The predicted molar refractivity (Wildman–Crippen MR) is 115 cm³/mol. The number of carbonyl (C=O) groups excluding carboxylic acids is 2. The van der Waals surface area contributed by atoms with E-state index in [1.165, 1.54) is 53.7 Å². The first kappa shape index (κ1) is 20.6. The van der Waals surface area contributed by atoms with Crippen LogP contribution in [-0.2, 0) is 9.59 Å². The van der Waals surface area contributed by atoms with Gasteiger partial charge in [0.1, 0.15) is 17.0 Å². The SMILES string of the molecule is NC(=O)C1(C(=O)N(c2ccc(F)cc2)c2ccc(Oc3ccnc4[nH]ncc34)c(F)c2)CC1. The Morgan fingerprint density at radius 1 is 1.03 bits per heavy atom. The minimum absolute atomic E-state index is 0.0880. The molecule has 1 aliphatic carbocycles. The largest absolute Gasteiger partial charge is 0.453 e. The third-order valence-corrected chi connectivity index (χ3v) is 5.63. The van der Waals surface area contributed by atoms with Crippen molar-refractivity contribution in [3.63, 3.8) is 0 Å². The molecule has 1 aliphatic rings. The number of hydrogen-bond acceptors (Lipinski definition) is 5. The van der Waals surface area contributed by atoms with Crippen molar-refractivity contribution >= 4 is 34.2 Å². The van der Waals surface area contributed by atoms with Gasteiger partial charge in [0, 0.05) is 18.0 Å². The molecule has 0 aliphatic heterocycles. The van der Waals surface area contributed by atoms with E-state index in [1.807, 2.05) is 0 Å². The van der Waals surface area contributed by atoms with Gasteiger partial charge in [-0.15, -0.1) is 0 Å². The zero-order valence-corrected chi connectivity index (χ0v) is 17.1. The molecule has 0 atom stereocenters. The first-order chi connectivity index (χ1) is 15.9. The van der Waals surface area contributed by atoms with E-state index in [0.29, 0.717) is 29.6 Å². The molecule has 0 spiro atoms. The van der Waals surface area contributed by atoms with Crippen LogP contribution in [0.2, 0.25) is 0 Å². The summed E-state index contributed by atoms with van der Waals surface area (Å²) in [5.41, 5.74) is 5.02. The van der Waals surface area contributed by atoms with Crippen LogP contribution in [0.5, 0.6) is 11.5 Å². The van der Waals surface area contributed by atoms with Gasteiger partial charge in [-0.3, -0.25) is 19.6 Å². The number of anilines is 2. The lowest BCUT2D eigenvalue weighted by Crippen LogP contribution is -2.41. The number of hydrogen-bond donors (Lipinski definition) is 2. The summed E-state index contributed by atoms with van der Waals surface area (Å²) < 4.78 is 34.3. The van der Waals surface area contributed by atoms with Crippen molar-refractivity contribution < 1.29 is 23.1 Å². The van der Waals surface area contributed by atoms with Crippen LogP contribution in [0.15, 0.2) is 60.9 Å². The number of pyridine rings is 1. The molecule has 1 saturated carbocycles. The van der Waals surface area contributed by atoms with Crippen molar-refractivity contribution in [3.05, 3.63) is 72.6 Å². The molecular weight excluding hydrogens is 432 g/mol. The fourth-order valence-corrected chi connectivity index (χ4v) is 3.62. The van der Waals surface area contributed by atoms with Gasteiger partial charge in [0.05, 0.1) is 17.3 Å². The summed E-state index contributed by atoms with van der Waals surface area (Å²) in [5.74, 6) is -2.33. The van der Waals surface area contributed by atoms with Crippen LogP contribution in [0.4, 0.5) is 20.2 Å². The molecule has 2 heterocycles. The summed E-state index contributed by atoms with van der Waals surface area (Å²) in [6, 6.07) is 10.6. The third-order valence-electron chi connectivity index (χ3n) is 5.63. The third kappa shape index (κ3) is 3.55. The quantitative estimate of drug-likeness (QED) is 0.433. The topological polar surface area (TPSA) is 114 Å². The second-order valence-electron chi connectivity index (χ2n) is 7.72. The second-order valence-corrected chi connectivity index (χ2v) is 7.72. The van der Waals surface area contributed by atoms with Crippen LogP contribution in [0.3, 0.4) is 0 Å². The molecule has 0 radical (unpaired) electrons. The molecule has 2 amide bonds. The highest BCUT2D eigenvalue weighted by Crippen LogP contribution is 2.49. The molecule has 0 saturated heterocycles. The fraction of sp³-hybridized carbons (Fsp3) is 0.130. The number of nitrogens with two attached hydrogens (primary N) is 1. The van der Waals surface area contributed by atoms with E-state index < -0.39 is 28.9 Å². The highest BCUT2D eigenvalue weighted by Gasteiger charge is 2.57. The van der Waals surface area contributed by atoms with Crippen LogP contribution in [-0.4, -0.2) is 27.0 Å². The van der Waals surface area contributed by atoms with Gasteiger partial charge >= 0.3 is 0 Å². The summed E-state index contributed by atoms with van der Waals surface area (Å²) in [5, 5.41) is 7.17. The van der Waals surface area contributed by atoms with Crippen LogP contribution in [0.1, 0.15) is 12.8 Å². The molecule has 1 fully saturated rings. The molecule has 0 unspecified atom stereocenters. The Balaban J connectivity index is 1.52. The van der Waals surface area contributed by atoms with Gasteiger partial charge in [0.25, 0.3) is 0 Å². The van der Waals surface area contributed by atoms with Crippen molar-refractivity contribution in [2.45, 2.75) is 12.8 Å². The van der Waals surface area contributed by atoms with Gasteiger partial charge in [0.15, 0.2) is 17.2 Å². The van der Waals surface area contributed by atoms with Crippen LogP contribution in [0.25, 0.3) is 11.0 Å². The number of aromatic amines is 1. The van der Waals surface area contributed by atoms with Crippen molar-refractivity contribution in [3.8, 4) is 11.5 Å². The monoisotopic (exact) mass is 449 g/mol. The van der Waals surface area contributed by atoms with Crippen LogP contribution >= 0.6 is 0 Å². The van der Waals surface area contributed by atoms with Crippen LogP contribution < -0.4 is 15.4 Å². The van der Waals surface area contributed by atoms with Gasteiger partial charge in [-0.1, -0.05) is 0 Å². The zero-order valence-electron chi connectivity index (χ0n) is 17.1. The Kier molecular flexibility index (Phi) is 4.77. The first-order valence-electron chi connectivity index (χ1n) is 10.0. The number of fused-ring (bicyclic) bond motifs is 1. The molecule has 10 heteroatoms. The highest BCUT2D eigenvalue weighted by atomic mass is 19.1. The van der Waals surface area contributed by atoms with Gasteiger partial charge in [-0.2, -0.15) is 5.10 Å². The predicted octanol–water partition coefficient (Wildman–Crippen LogP) is 3.96. The van der Waals surface area contributed by atoms with Crippen molar-refractivity contribution in [1.29, 1.82) is 0 Å². The Labute approximate surface area is 186 Å². The molecule has 166 valence electrons. The van der Waals surface area contributed by atoms with Crippen LogP contribution in [0, 0.1) is 17.0 Å². The van der Waals surface area contributed by atoms with Gasteiger partial charge in [-0.25, -0.2) is 13.8 Å². The van der Waals surface area contributed by atoms with Gasteiger partial charge in [-0.05, 0) is 55.3 Å². The number of carbonyl (C=O) groups is 2. The van der Waals surface area contributed by atoms with Gasteiger partial charge < -0.3 is 10.5 Å². The number of aromatic nitrogens is 3. The highest BCUT2D eigenvalue weighted by molar-refractivity contribution is 6.16. The Bertz CT molecular complexity index is 1380. The average Bonchev–Trinajstić information content (AvgIpc) is 3.48. The second kappa shape index (κ2) is 7.66. The number of nitrogens with zero attached hydrogens (tertiary/aromatic N) is 3. The Morgan fingerprint density at radius 2 is 1.76 bits per heavy atom. The fourth-order valence-electron chi connectivity index (χ4n) is 3.62. The van der Waals surface area contributed by atoms with E-state index in [2.05, 4.69) is 15.2 Å².